The van der Waals surface area contributed by atoms with E-state index >= 15 is 0 Å². The minimum Gasteiger partial charge on any atom is -0.497 e. The lowest BCUT2D eigenvalue weighted by atomic mass is 10.1. The number of benzene rings is 1. The molecule has 0 saturated carbocycles. The Hall–Kier alpha value is -2.60. The van der Waals surface area contributed by atoms with Crippen LogP contribution < -0.4 is 9.47 Å². The quantitative estimate of drug-likeness (QED) is 0.636. The van der Waals surface area contributed by atoms with Crippen LogP contribution in [0.25, 0.3) is 11.3 Å². The van der Waals surface area contributed by atoms with Gasteiger partial charge in [0.1, 0.15) is 16.5 Å². The van der Waals surface area contributed by atoms with Crippen LogP contribution >= 0.6 is 11.8 Å². The molecular formula is C18H17N3O2S. The van der Waals surface area contributed by atoms with E-state index in [1.165, 1.54) is 5.56 Å². The average Bonchev–Trinajstić information content (AvgIpc) is 2.67. The van der Waals surface area contributed by atoms with E-state index < -0.39 is 0 Å². The number of ether oxygens (including phenoxy) is 2. The molecule has 6 heteroatoms. The minimum absolute atomic E-state index is 0.738. The number of hydrogen-bond donors (Lipinski definition) is 0. The molecule has 122 valence electrons. The summed E-state index contributed by atoms with van der Waals surface area (Å²) in [5.41, 5.74) is 2.81. The molecule has 0 atom stereocenters. The zero-order valence-electron chi connectivity index (χ0n) is 13.5. The highest BCUT2D eigenvalue weighted by molar-refractivity contribution is 7.98. The molecule has 1 aromatic carbocycles. The molecule has 0 spiro atoms. The van der Waals surface area contributed by atoms with Gasteiger partial charge in [-0.1, -0.05) is 11.8 Å². The fourth-order valence-electron chi connectivity index (χ4n) is 2.19. The van der Waals surface area contributed by atoms with Crippen molar-refractivity contribution >= 4 is 11.8 Å². The van der Waals surface area contributed by atoms with Gasteiger partial charge in [-0.2, -0.15) is 0 Å². The molecule has 0 radical (unpaired) electrons. The van der Waals surface area contributed by atoms with E-state index in [0.29, 0.717) is 0 Å². The first kappa shape index (κ1) is 16.3. The highest BCUT2D eigenvalue weighted by Gasteiger charge is 2.10. The third-order valence-corrected chi connectivity index (χ3v) is 4.45. The highest BCUT2D eigenvalue weighted by Crippen LogP contribution is 2.32. The lowest BCUT2D eigenvalue weighted by molar-refractivity contribution is 0.404. The summed E-state index contributed by atoms with van der Waals surface area (Å²) in [6.45, 7) is 0. The fourth-order valence-corrected chi connectivity index (χ4v) is 2.96. The van der Waals surface area contributed by atoms with E-state index in [9.17, 15) is 0 Å². The van der Waals surface area contributed by atoms with Crippen molar-refractivity contribution in [3.63, 3.8) is 0 Å². The first-order valence-corrected chi connectivity index (χ1v) is 8.36. The Morgan fingerprint density at radius 2 is 1.75 bits per heavy atom. The monoisotopic (exact) mass is 339 g/mol. The largest absolute Gasteiger partial charge is 0.497 e. The summed E-state index contributed by atoms with van der Waals surface area (Å²) in [4.78, 5) is 4.02. The summed E-state index contributed by atoms with van der Waals surface area (Å²) >= 11 is 1.64. The molecule has 0 saturated heterocycles. The Morgan fingerprint density at radius 1 is 0.917 bits per heavy atom. The molecular weight excluding hydrogens is 322 g/mol. The van der Waals surface area contributed by atoms with Crippen LogP contribution in [0.4, 0.5) is 0 Å². The lowest BCUT2D eigenvalue weighted by Gasteiger charge is -2.10. The van der Waals surface area contributed by atoms with Crippen LogP contribution in [0.5, 0.6) is 11.5 Å². The minimum atomic E-state index is 0.738. The fraction of sp³-hybridized carbons (Fsp3) is 0.167. The van der Waals surface area contributed by atoms with E-state index in [0.717, 1.165) is 33.5 Å². The Morgan fingerprint density at radius 3 is 2.42 bits per heavy atom. The molecule has 0 bridgehead atoms. The van der Waals surface area contributed by atoms with Crippen LogP contribution in [0.3, 0.4) is 0 Å². The number of hydrogen-bond acceptors (Lipinski definition) is 6. The molecule has 0 aliphatic carbocycles. The summed E-state index contributed by atoms with van der Waals surface area (Å²) in [7, 11) is 3.27. The molecule has 0 aliphatic heterocycles. The van der Waals surface area contributed by atoms with Crippen molar-refractivity contribution in [2.24, 2.45) is 0 Å². The summed E-state index contributed by atoms with van der Waals surface area (Å²) in [6.07, 6.45) is 3.58. The number of pyridine rings is 1. The van der Waals surface area contributed by atoms with E-state index in [4.69, 9.17) is 9.47 Å². The molecule has 0 N–H and O–H groups in total. The number of aromatic nitrogens is 3. The van der Waals surface area contributed by atoms with Crippen LogP contribution in [-0.2, 0) is 5.75 Å². The van der Waals surface area contributed by atoms with Crippen molar-refractivity contribution in [2.75, 3.05) is 14.2 Å². The normalized spacial score (nSPS) is 10.4. The average molecular weight is 339 g/mol. The SMILES string of the molecule is COc1ccc(OC)c(-c2ccc(SCc3ccncc3)nn2)c1. The number of rotatable bonds is 6. The second-order valence-corrected chi connectivity index (χ2v) is 5.96. The van der Waals surface area contributed by atoms with Crippen molar-refractivity contribution in [3.8, 4) is 22.8 Å². The van der Waals surface area contributed by atoms with Crippen LogP contribution in [0.2, 0.25) is 0 Å². The lowest BCUT2D eigenvalue weighted by Crippen LogP contribution is -1.94. The van der Waals surface area contributed by atoms with Gasteiger partial charge >= 0.3 is 0 Å². The van der Waals surface area contributed by atoms with Gasteiger partial charge in [-0.15, -0.1) is 10.2 Å². The Kier molecular flexibility index (Phi) is 5.28. The zero-order valence-corrected chi connectivity index (χ0v) is 14.3. The molecule has 0 fully saturated rings. The molecule has 2 heterocycles. The third kappa shape index (κ3) is 3.83. The predicted octanol–water partition coefficient (Wildman–Crippen LogP) is 3.85. The Labute approximate surface area is 145 Å². The molecule has 24 heavy (non-hydrogen) atoms. The molecule has 0 unspecified atom stereocenters. The number of nitrogens with zero attached hydrogens (tertiary/aromatic N) is 3. The summed E-state index contributed by atoms with van der Waals surface area (Å²) in [6, 6.07) is 13.5. The van der Waals surface area contributed by atoms with Gasteiger partial charge in [-0.05, 0) is 48.0 Å². The van der Waals surface area contributed by atoms with Gasteiger partial charge in [0, 0.05) is 23.7 Å². The van der Waals surface area contributed by atoms with Crippen molar-refractivity contribution in [2.45, 2.75) is 10.8 Å². The third-order valence-electron chi connectivity index (χ3n) is 3.46. The van der Waals surface area contributed by atoms with Gasteiger partial charge in [0.2, 0.25) is 0 Å². The van der Waals surface area contributed by atoms with E-state index in [1.54, 1.807) is 38.4 Å². The van der Waals surface area contributed by atoms with E-state index in [-0.39, 0.29) is 0 Å². The molecule has 5 nitrogen and oxygen atoms in total. The molecule has 0 aliphatic rings. The first-order chi connectivity index (χ1) is 11.8. The molecule has 3 rings (SSSR count). The number of thioether (sulfide) groups is 1. The van der Waals surface area contributed by atoms with Crippen LogP contribution in [-0.4, -0.2) is 29.4 Å². The predicted molar refractivity (Wildman–Crippen MR) is 94.4 cm³/mol. The summed E-state index contributed by atoms with van der Waals surface area (Å²) < 4.78 is 10.7. The maximum atomic E-state index is 5.40. The van der Waals surface area contributed by atoms with Crippen LogP contribution in [0, 0.1) is 0 Å². The van der Waals surface area contributed by atoms with Gasteiger partial charge in [-0.25, -0.2) is 0 Å². The van der Waals surface area contributed by atoms with Gasteiger partial charge in [0.25, 0.3) is 0 Å². The Balaban J connectivity index is 1.77. The van der Waals surface area contributed by atoms with Crippen molar-refractivity contribution in [3.05, 3.63) is 60.4 Å². The number of methoxy groups -OCH3 is 2. The van der Waals surface area contributed by atoms with E-state index in [1.807, 2.05) is 42.5 Å². The molecule has 2 aromatic heterocycles. The van der Waals surface area contributed by atoms with Crippen molar-refractivity contribution in [1.29, 1.82) is 0 Å². The first-order valence-electron chi connectivity index (χ1n) is 7.38. The Bertz CT molecular complexity index is 795. The van der Waals surface area contributed by atoms with Gasteiger partial charge < -0.3 is 9.47 Å². The zero-order chi connectivity index (χ0) is 16.8. The maximum absolute atomic E-state index is 5.40. The second-order valence-electron chi connectivity index (χ2n) is 4.97. The molecule has 3 aromatic rings. The van der Waals surface area contributed by atoms with Gasteiger partial charge in [0.15, 0.2) is 0 Å². The smallest absolute Gasteiger partial charge is 0.128 e. The van der Waals surface area contributed by atoms with Gasteiger partial charge in [0.05, 0.1) is 19.9 Å². The topological polar surface area (TPSA) is 57.1 Å². The van der Waals surface area contributed by atoms with Crippen molar-refractivity contribution in [1.82, 2.24) is 15.2 Å². The molecule has 0 amide bonds. The van der Waals surface area contributed by atoms with Crippen LogP contribution in [0.15, 0.2) is 59.9 Å². The van der Waals surface area contributed by atoms with Gasteiger partial charge in [-0.3, -0.25) is 4.98 Å². The van der Waals surface area contributed by atoms with Crippen LogP contribution in [0.1, 0.15) is 5.56 Å². The van der Waals surface area contributed by atoms with Crippen molar-refractivity contribution < 1.29 is 9.47 Å². The van der Waals surface area contributed by atoms with E-state index in [2.05, 4.69) is 15.2 Å². The second kappa shape index (κ2) is 7.79. The highest BCUT2D eigenvalue weighted by atomic mass is 32.2. The summed E-state index contributed by atoms with van der Waals surface area (Å²) in [5, 5.41) is 9.50. The maximum Gasteiger partial charge on any atom is 0.128 e. The summed E-state index contributed by atoms with van der Waals surface area (Å²) in [5.74, 6) is 2.32. The standard InChI is InChI=1S/C18H17N3O2S/c1-22-14-3-5-17(23-2)15(11-14)16-4-6-18(21-20-16)24-12-13-7-9-19-10-8-13/h3-11H,12H2,1-2H3.